The predicted octanol–water partition coefficient (Wildman–Crippen LogP) is 3.20. The lowest BCUT2D eigenvalue weighted by atomic mass is 10.1. The highest BCUT2D eigenvalue weighted by Gasteiger charge is 2.17. The summed E-state index contributed by atoms with van der Waals surface area (Å²) in [6.07, 6.45) is 2.73. The largest absolute Gasteiger partial charge is 0.496 e. The molecule has 1 aromatic carbocycles. The number of nitrogens with zero attached hydrogens (tertiary/aromatic N) is 2. The van der Waals surface area contributed by atoms with E-state index in [0.717, 1.165) is 18.5 Å². The summed E-state index contributed by atoms with van der Waals surface area (Å²) in [6.45, 7) is 2.93. The van der Waals surface area contributed by atoms with Crippen molar-refractivity contribution in [2.24, 2.45) is 0 Å². The van der Waals surface area contributed by atoms with Crippen molar-refractivity contribution in [1.82, 2.24) is 9.55 Å². The Labute approximate surface area is 111 Å². The van der Waals surface area contributed by atoms with E-state index in [-0.39, 0.29) is 0 Å². The number of methoxy groups -OCH3 is 1. The monoisotopic (exact) mass is 265 g/mol. The summed E-state index contributed by atoms with van der Waals surface area (Å²) in [6, 6.07) is 5.49. The highest BCUT2D eigenvalue weighted by molar-refractivity contribution is 6.33. The highest BCUT2D eigenvalue weighted by Crippen LogP contribution is 2.38. The molecule has 2 N–H and O–H groups in total. The van der Waals surface area contributed by atoms with E-state index in [1.54, 1.807) is 19.5 Å². The zero-order chi connectivity index (χ0) is 13.1. The Hall–Kier alpha value is -1.68. The molecule has 0 aliphatic rings. The summed E-state index contributed by atoms with van der Waals surface area (Å²) in [7, 11) is 1.61. The number of nitrogens with two attached hydrogens (primary N) is 1. The number of aromatic nitrogens is 2. The van der Waals surface area contributed by atoms with Crippen molar-refractivity contribution in [3.05, 3.63) is 29.5 Å². The summed E-state index contributed by atoms with van der Waals surface area (Å²) < 4.78 is 7.23. The van der Waals surface area contributed by atoms with Crippen LogP contribution in [0.5, 0.6) is 5.75 Å². The summed E-state index contributed by atoms with van der Waals surface area (Å²) in [5.41, 5.74) is 7.52. The SMILES string of the molecule is CCCn1cnc(-c2c(Cl)cccc2OC)c1N. The number of aryl methyl sites for hydroxylation is 1. The van der Waals surface area contributed by atoms with Crippen LogP contribution >= 0.6 is 11.6 Å². The zero-order valence-electron chi connectivity index (χ0n) is 10.5. The number of imidazole rings is 1. The molecule has 2 aromatic rings. The van der Waals surface area contributed by atoms with Crippen LogP contribution in [0.25, 0.3) is 11.3 Å². The van der Waals surface area contributed by atoms with Gasteiger partial charge in [0, 0.05) is 6.54 Å². The second-order valence-corrected chi connectivity index (χ2v) is 4.40. The fraction of sp³-hybridized carbons (Fsp3) is 0.308. The van der Waals surface area contributed by atoms with E-state index in [4.69, 9.17) is 22.1 Å². The number of hydrogen-bond donors (Lipinski definition) is 1. The molecular formula is C13H16ClN3O. The van der Waals surface area contributed by atoms with Gasteiger partial charge in [-0.2, -0.15) is 0 Å². The maximum atomic E-state index is 6.22. The molecule has 2 rings (SSSR count). The fourth-order valence-electron chi connectivity index (χ4n) is 1.91. The molecule has 5 heteroatoms. The number of nitrogen functional groups attached to an aromatic ring is 1. The Morgan fingerprint density at radius 3 is 2.89 bits per heavy atom. The van der Waals surface area contributed by atoms with E-state index in [9.17, 15) is 0 Å². The number of halogens is 1. The lowest BCUT2D eigenvalue weighted by molar-refractivity contribution is 0.416. The summed E-state index contributed by atoms with van der Waals surface area (Å²) >= 11 is 6.22. The second-order valence-electron chi connectivity index (χ2n) is 3.99. The van der Waals surface area contributed by atoms with Crippen molar-refractivity contribution in [2.45, 2.75) is 19.9 Å². The Kier molecular flexibility index (Phi) is 3.77. The van der Waals surface area contributed by atoms with Gasteiger partial charge in [0.05, 0.1) is 24.0 Å². The molecule has 1 aromatic heterocycles. The van der Waals surface area contributed by atoms with Crippen LogP contribution < -0.4 is 10.5 Å². The molecule has 0 atom stereocenters. The second kappa shape index (κ2) is 5.31. The van der Waals surface area contributed by atoms with Gasteiger partial charge in [-0.1, -0.05) is 24.6 Å². The third-order valence-corrected chi connectivity index (χ3v) is 3.09. The van der Waals surface area contributed by atoms with Crippen molar-refractivity contribution in [1.29, 1.82) is 0 Å². The minimum absolute atomic E-state index is 0.586. The maximum absolute atomic E-state index is 6.22. The van der Waals surface area contributed by atoms with Crippen LogP contribution in [0.2, 0.25) is 5.02 Å². The van der Waals surface area contributed by atoms with Gasteiger partial charge in [0.1, 0.15) is 17.3 Å². The average Bonchev–Trinajstić information content (AvgIpc) is 2.71. The number of hydrogen-bond acceptors (Lipinski definition) is 3. The topological polar surface area (TPSA) is 53.1 Å². The number of benzene rings is 1. The molecule has 96 valence electrons. The quantitative estimate of drug-likeness (QED) is 0.924. The minimum Gasteiger partial charge on any atom is -0.496 e. The van der Waals surface area contributed by atoms with Crippen LogP contribution in [0.1, 0.15) is 13.3 Å². The van der Waals surface area contributed by atoms with E-state index in [1.165, 1.54) is 0 Å². The lowest BCUT2D eigenvalue weighted by Gasteiger charge is -2.09. The van der Waals surface area contributed by atoms with Crippen LogP contribution in [0, 0.1) is 0 Å². The Morgan fingerprint density at radius 2 is 2.22 bits per heavy atom. The lowest BCUT2D eigenvalue weighted by Crippen LogP contribution is -2.01. The van der Waals surface area contributed by atoms with Crippen molar-refractivity contribution < 1.29 is 4.74 Å². The molecule has 0 saturated heterocycles. The third kappa shape index (κ3) is 2.16. The Bertz CT molecular complexity index is 551. The highest BCUT2D eigenvalue weighted by atomic mass is 35.5. The van der Waals surface area contributed by atoms with Crippen molar-refractivity contribution in [2.75, 3.05) is 12.8 Å². The first-order chi connectivity index (χ1) is 8.69. The zero-order valence-corrected chi connectivity index (χ0v) is 11.2. The normalized spacial score (nSPS) is 10.6. The van der Waals surface area contributed by atoms with E-state index in [2.05, 4.69) is 11.9 Å². The molecule has 0 aliphatic heterocycles. The molecule has 0 saturated carbocycles. The Morgan fingerprint density at radius 1 is 1.44 bits per heavy atom. The van der Waals surface area contributed by atoms with Crippen LogP contribution in [0.3, 0.4) is 0 Å². The van der Waals surface area contributed by atoms with Gasteiger partial charge >= 0.3 is 0 Å². The van der Waals surface area contributed by atoms with Gasteiger partial charge in [-0.25, -0.2) is 4.98 Å². The molecule has 0 bridgehead atoms. The number of anilines is 1. The summed E-state index contributed by atoms with van der Waals surface area (Å²) in [5.74, 6) is 1.29. The van der Waals surface area contributed by atoms with Crippen LogP contribution in [0.4, 0.5) is 5.82 Å². The summed E-state index contributed by atoms with van der Waals surface area (Å²) in [5, 5.41) is 0.586. The van der Waals surface area contributed by atoms with Crippen molar-refractivity contribution in [3.8, 4) is 17.0 Å². The fourth-order valence-corrected chi connectivity index (χ4v) is 2.16. The number of ether oxygens (including phenoxy) is 1. The van der Waals surface area contributed by atoms with Crippen molar-refractivity contribution in [3.63, 3.8) is 0 Å². The molecule has 1 heterocycles. The molecule has 0 unspecified atom stereocenters. The van der Waals surface area contributed by atoms with Crippen LogP contribution in [-0.4, -0.2) is 16.7 Å². The molecule has 18 heavy (non-hydrogen) atoms. The standard InChI is InChI=1S/C13H16ClN3O/c1-3-7-17-8-16-12(13(17)15)11-9(14)5-4-6-10(11)18-2/h4-6,8H,3,7,15H2,1-2H3. The van der Waals surface area contributed by atoms with E-state index in [1.807, 2.05) is 16.7 Å². The van der Waals surface area contributed by atoms with Gasteiger partial charge in [-0.15, -0.1) is 0 Å². The van der Waals surface area contributed by atoms with Crippen LogP contribution in [0.15, 0.2) is 24.5 Å². The Balaban J connectivity index is 2.55. The predicted molar refractivity (Wildman–Crippen MR) is 73.9 cm³/mol. The molecule has 0 spiro atoms. The first-order valence-electron chi connectivity index (χ1n) is 5.82. The summed E-state index contributed by atoms with van der Waals surface area (Å²) in [4.78, 5) is 4.35. The molecular weight excluding hydrogens is 250 g/mol. The molecule has 0 radical (unpaired) electrons. The third-order valence-electron chi connectivity index (χ3n) is 2.77. The molecule has 4 nitrogen and oxygen atoms in total. The first kappa shape index (κ1) is 12.8. The molecule has 0 aliphatic carbocycles. The van der Waals surface area contributed by atoms with Crippen molar-refractivity contribution >= 4 is 17.4 Å². The van der Waals surface area contributed by atoms with E-state index < -0.39 is 0 Å². The van der Waals surface area contributed by atoms with Gasteiger partial charge in [0.25, 0.3) is 0 Å². The average molecular weight is 266 g/mol. The van der Waals surface area contributed by atoms with E-state index in [0.29, 0.717) is 22.3 Å². The smallest absolute Gasteiger partial charge is 0.131 e. The van der Waals surface area contributed by atoms with Gasteiger partial charge in [-0.05, 0) is 18.6 Å². The molecule has 0 fully saturated rings. The number of rotatable bonds is 4. The van der Waals surface area contributed by atoms with Gasteiger partial charge in [0.15, 0.2) is 0 Å². The van der Waals surface area contributed by atoms with E-state index >= 15 is 0 Å². The molecule has 0 amide bonds. The van der Waals surface area contributed by atoms with Crippen LogP contribution in [-0.2, 0) is 6.54 Å². The minimum atomic E-state index is 0.586. The maximum Gasteiger partial charge on any atom is 0.131 e. The van der Waals surface area contributed by atoms with Gasteiger partial charge < -0.3 is 15.0 Å². The first-order valence-corrected chi connectivity index (χ1v) is 6.20. The van der Waals surface area contributed by atoms with Gasteiger partial charge in [0.2, 0.25) is 0 Å². The van der Waals surface area contributed by atoms with Gasteiger partial charge in [-0.3, -0.25) is 0 Å².